The van der Waals surface area contributed by atoms with Crippen molar-refractivity contribution < 1.29 is 17.2 Å². The predicted molar refractivity (Wildman–Crippen MR) is 82.2 cm³/mol. The smallest absolute Gasteiger partial charge is 0.210 e. The van der Waals surface area contributed by atoms with Gasteiger partial charge in [0, 0.05) is 6.54 Å². The molecule has 4 bridgehead atoms. The number of hydrogen-bond donors (Lipinski definition) is 1. The Bertz CT molecular complexity index is 697. The van der Waals surface area contributed by atoms with Crippen molar-refractivity contribution in [1.29, 1.82) is 0 Å². The lowest BCUT2D eigenvalue weighted by molar-refractivity contribution is -0.0487. The first-order chi connectivity index (χ1) is 10.9. The maximum Gasteiger partial charge on any atom is 0.243 e. The minimum absolute atomic E-state index is 0.0195. The number of nitrogens with one attached hydrogen (secondary N) is 1. The minimum Gasteiger partial charge on any atom is -0.210 e. The molecule has 4 aliphatic carbocycles. The van der Waals surface area contributed by atoms with Gasteiger partial charge >= 0.3 is 0 Å². The van der Waals surface area contributed by atoms with E-state index in [2.05, 4.69) is 4.72 Å². The van der Waals surface area contributed by atoms with Crippen LogP contribution in [0.25, 0.3) is 0 Å². The van der Waals surface area contributed by atoms with E-state index in [4.69, 9.17) is 0 Å². The van der Waals surface area contributed by atoms with Gasteiger partial charge in [0.1, 0.15) is 16.5 Å². The number of rotatable bonds is 4. The average molecular weight is 341 g/mol. The molecule has 0 spiro atoms. The van der Waals surface area contributed by atoms with Crippen LogP contribution < -0.4 is 4.72 Å². The van der Waals surface area contributed by atoms with Gasteiger partial charge in [0.05, 0.1) is 0 Å². The summed E-state index contributed by atoms with van der Waals surface area (Å²) in [5, 5.41) is 0. The van der Waals surface area contributed by atoms with Gasteiger partial charge in [-0.1, -0.05) is 0 Å². The van der Waals surface area contributed by atoms with Gasteiger partial charge in [-0.25, -0.2) is 21.9 Å². The minimum atomic E-state index is -4.02. The largest absolute Gasteiger partial charge is 0.243 e. The maximum absolute atomic E-state index is 13.8. The van der Waals surface area contributed by atoms with E-state index < -0.39 is 26.6 Å². The van der Waals surface area contributed by atoms with Gasteiger partial charge in [-0.05, 0) is 79.9 Å². The van der Waals surface area contributed by atoms with Gasteiger partial charge in [0.25, 0.3) is 0 Å². The van der Waals surface area contributed by atoms with Crippen molar-refractivity contribution in [2.45, 2.75) is 43.4 Å². The topological polar surface area (TPSA) is 46.2 Å². The Balaban J connectivity index is 1.53. The molecule has 6 heteroatoms. The zero-order valence-electron chi connectivity index (χ0n) is 12.9. The second-order valence-electron chi connectivity index (χ2n) is 7.82. The van der Waals surface area contributed by atoms with E-state index in [1.54, 1.807) is 0 Å². The van der Waals surface area contributed by atoms with Crippen molar-refractivity contribution in [3.8, 4) is 0 Å². The lowest BCUT2D eigenvalue weighted by Gasteiger charge is -2.56. The fourth-order valence-electron chi connectivity index (χ4n) is 5.52. The molecule has 1 aromatic carbocycles. The monoisotopic (exact) mass is 341 g/mol. The van der Waals surface area contributed by atoms with E-state index in [-0.39, 0.29) is 5.41 Å². The average Bonchev–Trinajstić information content (AvgIpc) is 2.47. The summed E-state index contributed by atoms with van der Waals surface area (Å²) in [6, 6.07) is 2.53. The van der Waals surface area contributed by atoms with E-state index in [0.717, 1.165) is 55.2 Å². The van der Waals surface area contributed by atoms with Gasteiger partial charge in [0.2, 0.25) is 10.0 Å². The molecule has 4 saturated carbocycles. The molecule has 0 atom stereocenters. The Morgan fingerprint density at radius 2 is 1.61 bits per heavy atom. The lowest BCUT2D eigenvalue weighted by Crippen LogP contribution is -2.51. The Kier molecular flexibility index (Phi) is 3.54. The molecule has 1 N–H and O–H groups in total. The van der Waals surface area contributed by atoms with Crippen LogP contribution >= 0.6 is 0 Å². The summed E-state index contributed by atoms with van der Waals surface area (Å²) >= 11 is 0. The Hall–Kier alpha value is -1.01. The molecular weight excluding hydrogens is 320 g/mol. The summed E-state index contributed by atoms with van der Waals surface area (Å²) in [7, 11) is -4.02. The van der Waals surface area contributed by atoms with E-state index in [9.17, 15) is 17.2 Å². The highest BCUT2D eigenvalue weighted by Crippen LogP contribution is 2.59. The summed E-state index contributed by atoms with van der Waals surface area (Å²) in [5.74, 6) is 0.496. The van der Waals surface area contributed by atoms with Crippen molar-refractivity contribution in [3.63, 3.8) is 0 Å². The van der Waals surface area contributed by atoms with Gasteiger partial charge in [-0.15, -0.1) is 0 Å². The molecule has 0 radical (unpaired) electrons. The SMILES string of the molecule is O=S(=O)(NCC12CC3CC(CC(C3)C1)C2)c1cc(F)ccc1F. The highest BCUT2D eigenvalue weighted by atomic mass is 32.2. The fourth-order valence-corrected chi connectivity index (χ4v) is 6.76. The third kappa shape index (κ3) is 2.80. The van der Waals surface area contributed by atoms with Crippen molar-refractivity contribution >= 4 is 10.0 Å². The molecule has 4 aliphatic rings. The highest BCUT2D eigenvalue weighted by Gasteiger charge is 2.51. The standard InChI is InChI=1S/C17H21F2NO2S/c18-14-1-2-15(19)16(6-14)23(21,22)20-10-17-7-11-3-12(8-17)5-13(4-11)9-17/h1-2,6,11-13,20H,3-5,7-10H2. The van der Waals surface area contributed by atoms with Crippen LogP contribution in [-0.4, -0.2) is 15.0 Å². The summed E-state index contributed by atoms with van der Waals surface area (Å²) in [4.78, 5) is -0.595. The number of benzene rings is 1. The zero-order valence-corrected chi connectivity index (χ0v) is 13.7. The Morgan fingerprint density at radius 1 is 1.04 bits per heavy atom. The molecule has 0 unspecified atom stereocenters. The first-order valence-corrected chi connectivity index (χ1v) is 9.78. The van der Waals surface area contributed by atoms with Crippen LogP contribution in [0.15, 0.2) is 23.1 Å². The first-order valence-electron chi connectivity index (χ1n) is 8.30. The molecule has 0 saturated heterocycles. The maximum atomic E-state index is 13.8. The van der Waals surface area contributed by atoms with Crippen LogP contribution in [0.4, 0.5) is 8.78 Å². The Morgan fingerprint density at radius 3 is 2.17 bits per heavy atom. The number of hydrogen-bond acceptors (Lipinski definition) is 2. The van der Waals surface area contributed by atoms with Crippen LogP contribution in [-0.2, 0) is 10.0 Å². The van der Waals surface area contributed by atoms with Crippen molar-refractivity contribution in [3.05, 3.63) is 29.8 Å². The van der Waals surface area contributed by atoms with Crippen molar-refractivity contribution in [2.24, 2.45) is 23.2 Å². The summed E-state index contributed by atoms with van der Waals surface area (Å²) in [6.07, 6.45) is 7.03. The van der Waals surface area contributed by atoms with Crippen molar-refractivity contribution in [2.75, 3.05) is 6.54 Å². The molecule has 0 aromatic heterocycles. The molecule has 5 rings (SSSR count). The van der Waals surface area contributed by atoms with E-state index in [1.807, 2.05) is 0 Å². The predicted octanol–water partition coefficient (Wildman–Crippen LogP) is 3.46. The van der Waals surface area contributed by atoms with Crippen molar-refractivity contribution in [1.82, 2.24) is 4.72 Å². The molecule has 0 amide bonds. The fraction of sp³-hybridized carbons (Fsp3) is 0.647. The highest BCUT2D eigenvalue weighted by molar-refractivity contribution is 7.89. The van der Waals surface area contributed by atoms with Crippen LogP contribution in [0.3, 0.4) is 0 Å². The van der Waals surface area contributed by atoms with Gasteiger partial charge in [-0.3, -0.25) is 0 Å². The number of halogens is 2. The molecule has 3 nitrogen and oxygen atoms in total. The molecule has 1 aromatic rings. The molecule has 0 aliphatic heterocycles. The van der Waals surface area contributed by atoms with Crippen LogP contribution in [0.1, 0.15) is 38.5 Å². The second-order valence-corrected chi connectivity index (χ2v) is 9.55. The van der Waals surface area contributed by atoms with E-state index in [1.165, 1.54) is 19.3 Å². The van der Waals surface area contributed by atoms with Gasteiger partial charge < -0.3 is 0 Å². The Labute approximate surface area is 135 Å². The second kappa shape index (κ2) is 5.24. The third-order valence-corrected chi connectivity index (χ3v) is 7.40. The summed E-state index contributed by atoms with van der Waals surface area (Å²) < 4.78 is 54.4. The molecular formula is C17H21F2NO2S. The van der Waals surface area contributed by atoms with Crippen LogP contribution in [0.5, 0.6) is 0 Å². The van der Waals surface area contributed by atoms with E-state index in [0.29, 0.717) is 6.54 Å². The van der Waals surface area contributed by atoms with Crippen LogP contribution in [0, 0.1) is 34.8 Å². The zero-order chi connectivity index (χ0) is 16.2. The first kappa shape index (κ1) is 15.5. The van der Waals surface area contributed by atoms with Gasteiger partial charge in [0.15, 0.2) is 0 Å². The van der Waals surface area contributed by atoms with E-state index >= 15 is 0 Å². The molecule has 0 heterocycles. The summed E-state index contributed by atoms with van der Waals surface area (Å²) in [5.41, 5.74) is 0.0195. The van der Waals surface area contributed by atoms with Gasteiger partial charge in [-0.2, -0.15) is 0 Å². The van der Waals surface area contributed by atoms with Crippen LogP contribution in [0.2, 0.25) is 0 Å². The molecule has 23 heavy (non-hydrogen) atoms. The molecule has 4 fully saturated rings. The molecule has 126 valence electrons. The normalized spacial score (nSPS) is 35.7. The quantitative estimate of drug-likeness (QED) is 0.912. The summed E-state index contributed by atoms with van der Waals surface area (Å²) in [6.45, 7) is 0.342. The number of sulfonamides is 1. The lowest BCUT2D eigenvalue weighted by atomic mass is 9.50. The third-order valence-electron chi connectivity index (χ3n) is 5.99.